The molecular formula is C35H43NO6S. The van der Waals surface area contributed by atoms with Crippen molar-refractivity contribution in [3.63, 3.8) is 0 Å². The highest BCUT2D eigenvalue weighted by Crippen LogP contribution is 2.51. The van der Waals surface area contributed by atoms with Crippen LogP contribution in [0.15, 0.2) is 77.7 Å². The molecule has 0 amide bonds. The number of unbranched alkanes of at least 4 members (excludes halogenated alkanes) is 1. The predicted octanol–water partition coefficient (Wildman–Crippen LogP) is 7.32. The summed E-state index contributed by atoms with van der Waals surface area (Å²) < 4.78 is 40.2. The number of methoxy groups -OCH3 is 2. The van der Waals surface area contributed by atoms with Crippen molar-refractivity contribution in [3.8, 4) is 0 Å². The van der Waals surface area contributed by atoms with Crippen molar-refractivity contribution in [2.45, 2.75) is 69.7 Å². The summed E-state index contributed by atoms with van der Waals surface area (Å²) in [5.41, 5.74) is 3.68. The molecule has 0 N–H and O–H groups in total. The molecule has 8 heteroatoms. The fraction of sp³-hybridized carbons (Fsp3) is 0.429. The molecular weight excluding hydrogens is 562 g/mol. The molecule has 0 spiro atoms. The molecule has 1 fully saturated rings. The van der Waals surface area contributed by atoms with Gasteiger partial charge in [-0.2, -0.15) is 4.31 Å². The lowest BCUT2D eigenvalue weighted by Gasteiger charge is -2.31. The molecule has 1 aliphatic heterocycles. The third kappa shape index (κ3) is 7.19. The highest BCUT2D eigenvalue weighted by Gasteiger charge is 2.48. The molecule has 4 atom stereocenters. The zero-order chi connectivity index (χ0) is 31.1. The largest absolute Gasteiger partial charge is 0.465 e. The number of hydrogen-bond acceptors (Lipinski definition) is 6. The van der Waals surface area contributed by atoms with E-state index in [9.17, 15) is 18.0 Å². The van der Waals surface area contributed by atoms with Crippen LogP contribution in [0.5, 0.6) is 0 Å². The van der Waals surface area contributed by atoms with Crippen molar-refractivity contribution in [2.75, 3.05) is 20.8 Å². The number of rotatable bonds is 12. The topological polar surface area (TPSA) is 90.0 Å². The summed E-state index contributed by atoms with van der Waals surface area (Å²) in [4.78, 5) is 24.6. The molecule has 43 heavy (non-hydrogen) atoms. The number of sulfonamides is 1. The van der Waals surface area contributed by atoms with Crippen molar-refractivity contribution in [3.05, 3.63) is 101 Å². The first kappa shape index (κ1) is 32.4. The minimum absolute atomic E-state index is 0.0324. The minimum Gasteiger partial charge on any atom is -0.465 e. The van der Waals surface area contributed by atoms with Crippen LogP contribution in [-0.2, 0) is 19.5 Å². The third-order valence-electron chi connectivity index (χ3n) is 8.82. The summed E-state index contributed by atoms with van der Waals surface area (Å²) >= 11 is 0. The van der Waals surface area contributed by atoms with Crippen LogP contribution in [0.2, 0.25) is 0 Å². The Bertz CT molecular complexity index is 1480. The highest BCUT2D eigenvalue weighted by atomic mass is 32.2. The molecule has 4 rings (SSSR count). The van der Waals surface area contributed by atoms with Crippen molar-refractivity contribution >= 4 is 22.0 Å². The van der Waals surface area contributed by atoms with E-state index in [1.54, 1.807) is 40.7 Å². The molecule has 0 saturated carbocycles. The maximum absolute atomic E-state index is 14.4. The van der Waals surface area contributed by atoms with Crippen LogP contribution in [0.1, 0.15) is 95.3 Å². The highest BCUT2D eigenvalue weighted by molar-refractivity contribution is 7.89. The molecule has 0 aliphatic carbocycles. The average Bonchev–Trinajstić information content (AvgIpc) is 3.42. The first-order chi connectivity index (χ1) is 20.6. The Kier molecular flexibility index (Phi) is 10.8. The van der Waals surface area contributed by atoms with E-state index in [-0.39, 0.29) is 16.7 Å². The number of carbonyl (C=O) groups excluding carboxylic acids is 2. The molecule has 0 bridgehead atoms. The second-order valence-electron chi connectivity index (χ2n) is 11.5. The maximum Gasteiger partial charge on any atom is 0.337 e. The fourth-order valence-corrected chi connectivity index (χ4v) is 8.00. The minimum atomic E-state index is -3.88. The van der Waals surface area contributed by atoms with Gasteiger partial charge < -0.3 is 9.47 Å². The lowest BCUT2D eigenvalue weighted by molar-refractivity contribution is 0.0592. The Labute approximate surface area is 256 Å². The summed E-state index contributed by atoms with van der Waals surface area (Å²) in [6, 6.07) is 21.0. The Morgan fingerprint density at radius 3 is 1.86 bits per heavy atom. The van der Waals surface area contributed by atoms with E-state index in [4.69, 9.17) is 9.47 Å². The quantitative estimate of drug-likeness (QED) is 0.201. The second kappa shape index (κ2) is 14.3. The van der Waals surface area contributed by atoms with Crippen LogP contribution in [0, 0.1) is 18.8 Å². The van der Waals surface area contributed by atoms with Gasteiger partial charge in [0.2, 0.25) is 10.0 Å². The van der Waals surface area contributed by atoms with Gasteiger partial charge in [-0.3, -0.25) is 0 Å². The van der Waals surface area contributed by atoms with Gasteiger partial charge in [-0.15, -0.1) is 0 Å². The number of carbonyl (C=O) groups is 2. The van der Waals surface area contributed by atoms with E-state index < -0.39 is 28.0 Å². The van der Waals surface area contributed by atoms with E-state index in [1.807, 2.05) is 43.3 Å². The van der Waals surface area contributed by atoms with Gasteiger partial charge >= 0.3 is 11.9 Å². The van der Waals surface area contributed by atoms with Gasteiger partial charge in [-0.1, -0.05) is 81.5 Å². The van der Waals surface area contributed by atoms with E-state index >= 15 is 0 Å². The molecule has 0 aromatic heterocycles. The molecule has 3 aromatic rings. The van der Waals surface area contributed by atoms with E-state index in [0.29, 0.717) is 23.6 Å². The first-order valence-corrected chi connectivity index (χ1v) is 16.5. The van der Waals surface area contributed by atoms with Crippen molar-refractivity contribution < 1.29 is 27.5 Å². The van der Waals surface area contributed by atoms with Gasteiger partial charge in [0.25, 0.3) is 0 Å². The number of ether oxygens (including phenoxy) is 2. The van der Waals surface area contributed by atoms with Crippen LogP contribution in [0.3, 0.4) is 0 Å². The summed E-state index contributed by atoms with van der Waals surface area (Å²) in [6.07, 6.45) is 5.15. The van der Waals surface area contributed by atoms with Gasteiger partial charge in [-0.25, -0.2) is 18.0 Å². The monoisotopic (exact) mass is 605 g/mol. The van der Waals surface area contributed by atoms with Crippen LogP contribution in [0.4, 0.5) is 0 Å². The van der Waals surface area contributed by atoms with Crippen molar-refractivity contribution in [1.82, 2.24) is 4.31 Å². The zero-order valence-corrected chi connectivity index (χ0v) is 26.6. The number of hydrogen-bond donors (Lipinski definition) is 0. The van der Waals surface area contributed by atoms with E-state index in [0.717, 1.165) is 48.8 Å². The maximum atomic E-state index is 14.4. The molecule has 1 heterocycles. The molecule has 3 aromatic carbocycles. The first-order valence-electron chi connectivity index (χ1n) is 15.1. The Hall–Kier alpha value is -3.49. The lowest BCUT2D eigenvalue weighted by atomic mass is 9.76. The fourth-order valence-electron chi connectivity index (χ4n) is 6.31. The molecule has 1 saturated heterocycles. The van der Waals surface area contributed by atoms with Gasteiger partial charge in [0.15, 0.2) is 0 Å². The number of aryl methyl sites for hydroxylation is 1. The summed E-state index contributed by atoms with van der Waals surface area (Å²) in [5.74, 6) is -0.552. The number of esters is 2. The molecule has 0 radical (unpaired) electrons. The van der Waals surface area contributed by atoms with Crippen LogP contribution < -0.4 is 0 Å². The van der Waals surface area contributed by atoms with Crippen LogP contribution in [-0.4, -0.2) is 45.4 Å². The van der Waals surface area contributed by atoms with Gasteiger partial charge in [0.1, 0.15) is 0 Å². The molecule has 230 valence electrons. The lowest BCUT2D eigenvalue weighted by Crippen LogP contribution is -2.32. The Morgan fingerprint density at radius 2 is 1.37 bits per heavy atom. The van der Waals surface area contributed by atoms with Crippen LogP contribution >= 0.6 is 0 Å². The van der Waals surface area contributed by atoms with Crippen LogP contribution in [0.25, 0.3) is 0 Å². The number of nitrogens with zero attached hydrogens (tertiary/aromatic N) is 1. The number of benzene rings is 3. The van der Waals surface area contributed by atoms with Crippen molar-refractivity contribution in [2.24, 2.45) is 11.8 Å². The van der Waals surface area contributed by atoms with Crippen molar-refractivity contribution in [1.29, 1.82) is 0 Å². The van der Waals surface area contributed by atoms with Gasteiger partial charge in [-0.05, 0) is 72.7 Å². The van der Waals surface area contributed by atoms with E-state index in [2.05, 4.69) is 13.8 Å². The summed E-state index contributed by atoms with van der Waals surface area (Å²) in [6.45, 7) is 6.63. The molecule has 1 unspecified atom stereocenters. The third-order valence-corrected chi connectivity index (χ3v) is 10.7. The smallest absolute Gasteiger partial charge is 0.337 e. The van der Waals surface area contributed by atoms with E-state index in [1.165, 1.54) is 14.2 Å². The molecule has 7 nitrogen and oxygen atoms in total. The Morgan fingerprint density at radius 1 is 0.837 bits per heavy atom. The zero-order valence-electron chi connectivity index (χ0n) is 25.8. The molecule has 1 aliphatic rings. The standard InChI is InChI=1S/C35H43NO6S/c1-6-8-9-25(7-2)22-31-32(26-12-16-28(17-13-26)34(37)41-4)23-36(43(39,40)30-20-10-24(3)11-21-30)33(31)27-14-18-29(19-15-27)35(38)42-5/h10-21,25,31-33H,6-9,22-23H2,1-5H3/t25?,31-,32-,33+/m1/s1. The SMILES string of the molecule is CCCCC(CC)C[C@@H]1[C@@H](c2ccc(C(=O)OC)cc2)CN(S(=O)(=O)c2ccc(C)cc2)[C@H]1c1ccc(C(=O)OC)cc1. The summed E-state index contributed by atoms with van der Waals surface area (Å²) in [7, 11) is -1.18. The Balaban J connectivity index is 1.86. The normalized spacial score (nSPS) is 19.6. The van der Waals surface area contributed by atoms with Gasteiger partial charge in [0, 0.05) is 12.5 Å². The average molecular weight is 606 g/mol. The summed E-state index contributed by atoms with van der Waals surface area (Å²) in [5, 5.41) is 0. The predicted molar refractivity (Wildman–Crippen MR) is 168 cm³/mol. The second-order valence-corrected chi connectivity index (χ2v) is 13.4. The van der Waals surface area contributed by atoms with Gasteiger partial charge in [0.05, 0.1) is 36.3 Å².